The number of ether oxygens (including phenoxy) is 1. The van der Waals surface area contributed by atoms with Crippen LogP contribution in [0.4, 0.5) is 5.69 Å². The molecule has 0 bridgehead atoms. The highest BCUT2D eigenvalue weighted by Gasteiger charge is 2.20. The van der Waals surface area contributed by atoms with Gasteiger partial charge in [-0.25, -0.2) is 4.99 Å². The largest absolute Gasteiger partial charge is 0.378 e. The summed E-state index contributed by atoms with van der Waals surface area (Å²) < 4.78 is 5.25. The number of hydrogen-bond donors (Lipinski definition) is 1. The number of rotatable bonds is 3. The van der Waals surface area contributed by atoms with Crippen LogP contribution >= 0.6 is 35.6 Å². The summed E-state index contributed by atoms with van der Waals surface area (Å²) in [7, 11) is 0. The molecule has 0 atom stereocenters. The van der Waals surface area contributed by atoms with Gasteiger partial charge in [0.2, 0.25) is 5.91 Å². The molecule has 0 aliphatic carbocycles. The van der Waals surface area contributed by atoms with Crippen molar-refractivity contribution < 1.29 is 9.53 Å². The lowest BCUT2D eigenvalue weighted by Crippen LogP contribution is -2.51. The maximum absolute atomic E-state index is 12.1. The van der Waals surface area contributed by atoms with Gasteiger partial charge in [-0.05, 0) is 24.3 Å². The highest BCUT2D eigenvalue weighted by atomic mass is 127. The maximum Gasteiger partial charge on any atom is 0.244 e. The molecule has 0 saturated carbocycles. The number of nitrogens with two attached hydrogens (primary N) is 1. The number of anilines is 1. The van der Waals surface area contributed by atoms with Crippen LogP contribution in [0.5, 0.6) is 0 Å². The molecule has 0 unspecified atom stereocenters. The molecule has 2 saturated heterocycles. The predicted molar refractivity (Wildman–Crippen MR) is 115 cm³/mol. The Morgan fingerprint density at radius 1 is 1.04 bits per heavy atom. The highest BCUT2D eigenvalue weighted by Crippen LogP contribution is 2.19. The molecule has 2 fully saturated rings. The van der Waals surface area contributed by atoms with E-state index in [-0.39, 0.29) is 36.4 Å². The third-order valence-electron chi connectivity index (χ3n) is 4.54. The number of piperazine rings is 1. The molecule has 26 heavy (non-hydrogen) atoms. The smallest absolute Gasteiger partial charge is 0.244 e. The van der Waals surface area contributed by atoms with E-state index in [4.69, 9.17) is 22.1 Å². The number of hydrogen-bond acceptors (Lipinski definition) is 4. The zero-order valence-electron chi connectivity index (χ0n) is 14.6. The Balaban J connectivity index is 0.00000243. The molecule has 2 aliphatic rings. The zero-order chi connectivity index (χ0) is 17.6. The van der Waals surface area contributed by atoms with E-state index in [0.717, 1.165) is 36.9 Å². The molecule has 3 rings (SSSR count). The number of carbonyl (C=O) groups excluding carboxylic acids is 1. The molecule has 1 aromatic carbocycles. The summed E-state index contributed by atoms with van der Waals surface area (Å²) in [5.41, 5.74) is 7.23. The minimum atomic E-state index is 0. The topological polar surface area (TPSA) is 74.4 Å². The van der Waals surface area contributed by atoms with Crippen molar-refractivity contribution in [3.63, 3.8) is 0 Å². The van der Waals surface area contributed by atoms with Crippen LogP contribution in [0, 0.1) is 0 Å². The molecule has 1 amide bonds. The standard InChI is InChI=1S/C17H24ClN5O2.HI/c18-14-1-3-15(4-2-14)21-5-7-23(8-6-21)17(19)20-13-16(24)22-9-11-25-12-10-22;/h1-4H,5-13H2,(H2,19,20);1H. The Hall–Kier alpha value is -1.26. The van der Waals surface area contributed by atoms with Crippen LogP contribution < -0.4 is 10.6 Å². The average Bonchev–Trinajstić information content (AvgIpc) is 2.67. The first-order chi connectivity index (χ1) is 12.1. The Morgan fingerprint density at radius 3 is 2.27 bits per heavy atom. The van der Waals surface area contributed by atoms with Crippen LogP contribution in [0.1, 0.15) is 0 Å². The van der Waals surface area contributed by atoms with Gasteiger partial charge < -0.3 is 25.2 Å². The molecular formula is C17H25ClIN5O2. The molecule has 0 aromatic heterocycles. The van der Waals surface area contributed by atoms with Crippen LogP contribution in [0.25, 0.3) is 0 Å². The summed E-state index contributed by atoms with van der Waals surface area (Å²) in [5, 5.41) is 0.740. The van der Waals surface area contributed by atoms with Gasteiger partial charge in [0.05, 0.1) is 13.2 Å². The molecule has 7 nitrogen and oxygen atoms in total. The van der Waals surface area contributed by atoms with Gasteiger partial charge in [0, 0.05) is 50.0 Å². The van der Waals surface area contributed by atoms with E-state index in [9.17, 15) is 4.79 Å². The first-order valence-electron chi connectivity index (χ1n) is 8.54. The second-order valence-electron chi connectivity index (χ2n) is 6.12. The van der Waals surface area contributed by atoms with Gasteiger partial charge >= 0.3 is 0 Å². The summed E-state index contributed by atoms with van der Waals surface area (Å²) in [5.74, 6) is 0.448. The van der Waals surface area contributed by atoms with Gasteiger partial charge in [0.15, 0.2) is 5.96 Å². The average molecular weight is 494 g/mol. The zero-order valence-corrected chi connectivity index (χ0v) is 17.7. The Labute approximate surface area is 176 Å². The van der Waals surface area contributed by atoms with E-state index in [2.05, 4.69) is 9.89 Å². The van der Waals surface area contributed by atoms with Crippen LogP contribution in [-0.4, -0.2) is 80.7 Å². The molecule has 0 radical (unpaired) electrons. The van der Waals surface area contributed by atoms with E-state index in [1.54, 1.807) is 4.90 Å². The fraction of sp³-hybridized carbons (Fsp3) is 0.529. The van der Waals surface area contributed by atoms with Gasteiger partial charge in [0.1, 0.15) is 6.54 Å². The lowest BCUT2D eigenvalue weighted by molar-refractivity contribution is -0.133. The number of aliphatic imine (C=N–C) groups is 1. The van der Waals surface area contributed by atoms with Crippen molar-refractivity contribution in [3.8, 4) is 0 Å². The van der Waals surface area contributed by atoms with Crippen LogP contribution in [0.3, 0.4) is 0 Å². The summed E-state index contributed by atoms with van der Waals surface area (Å²) >= 11 is 5.93. The Morgan fingerprint density at radius 2 is 1.65 bits per heavy atom. The van der Waals surface area contributed by atoms with Crippen molar-refractivity contribution in [2.24, 2.45) is 10.7 Å². The predicted octanol–water partition coefficient (Wildman–Crippen LogP) is 1.25. The van der Waals surface area contributed by atoms with Crippen LogP contribution in [0.2, 0.25) is 5.02 Å². The van der Waals surface area contributed by atoms with E-state index in [0.29, 0.717) is 32.3 Å². The number of guanidine groups is 1. The number of morpholine rings is 1. The molecular weight excluding hydrogens is 469 g/mol. The maximum atomic E-state index is 12.1. The number of benzene rings is 1. The molecule has 2 N–H and O–H groups in total. The molecule has 1 aromatic rings. The van der Waals surface area contributed by atoms with E-state index in [1.165, 1.54) is 0 Å². The van der Waals surface area contributed by atoms with Gasteiger partial charge in [0.25, 0.3) is 0 Å². The second kappa shape index (κ2) is 10.2. The molecule has 9 heteroatoms. The number of nitrogens with zero attached hydrogens (tertiary/aromatic N) is 4. The monoisotopic (exact) mass is 493 g/mol. The lowest BCUT2D eigenvalue weighted by atomic mass is 10.2. The minimum Gasteiger partial charge on any atom is -0.378 e. The summed E-state index contributed by atoms with van der Waals surface area (Å²) in [4.78, 5) is 22.5. The van der Waals surface area contributed by atoms with E-state index < -0.39 is 0 Å². The summed E-state index contributed by atoms with van der Waals surface area (Å²) in [6.07, 6.45) is 0. The van der Waals surface area contributed by atoms with Crippen LogP contribution in [0.15, 0.2) is 29.3 Å². The highest BCUT2D eigenvalue weighted by molar-refractivity contribution is 14.0. The molecule has 0 spiro atoms. The molecule has 144 valence electrons. The Bertz CT molecular complexity index is 614. The van der Waals surface area contributed by atoms with Gasteiger partial charge in [-0.1, -0.05) is 11.6 Å². The van der Waals surface area contributed by atoms with Gasteiger partial charge in [-0.15, -0.1) is 24.0 Å². The van der Waals surface area contributed by atoms with Gasteiger partial charge in [-0.2, -0.15) is 0 Å². The lowest BCUT2D eigenvalue weighted by Gasteiger charge is -2.36. The second-order valence-corrected chi connectivity index (χ2v) is 6.55. The normalized spacial score (nSPS) is 18.5. The third-order valence-corrected chi connectivity index (χ3v) is 4.79. The summed E-state index contributed by atoms with van der Waals surface area (Å²) in [6.45, 7) is 5.83. The van der Waals surface area contributed by atoms with Crippen molar-refractivity contribution in [2.45, 2.75) is 0 Å². The van der Waals surface area contributed by atoms with Crippen molar-refractivity contribution in [1.82, 2.24) is 9.80 Å². The first-order valence-corrected chi connectivity index (χ1v) is 8.92. The van der Waals surface area contributed by atoms with Crippen LogP contribution in [-0.2, 0) is 9.53 Å². The third kappa shape index (κ3) is 5.62. The molecule has 2 heterocycles. The van der Waals surface area contributed by atoms with Crippen molar-refractivity contribution in [2.75, 3.05) is 63.9 Å². The molecule has 2 aliphatic heterocycles. The van der Waals surface area contributed by atoms with Crippen molar-refractivity contribution in [1.29, 1.82) is 0 Å². The number of halogens is 2. The number of carbonyl (C=O) groups is 1. The number of amides is 1. The Kier molecular flexibility index (Phi) is 8.23. The van der Waals surface area contributed by atoms with Gasteiger partial charge in [-0.3, -0.25) is 4.79 Å². The van der Waals surface area contributed by atoms with E-state index >= 15 is 0 Å². The minimum absolute atomic E-state index is 0. The SMILES string of the molecule is I.NC(=NCC(=O)N1CCOCC1)N1CCN(c2ccc(Cl)cc2)CC1. The summed E-state index contributed by atoms with van der Waals surface area (Å²) in [6, 6.07) is 7.85. The fourth-order valence-corrected chi connectivity index (χ4v) is 3.13. The first kappa shape index (κ1) is 21.0. The fourth-order valence-electron chi connectivity index (χ4n) is 3.01. The van der Waals surface area contributed by atoms with Crippen molar-refractivity contribution >= 4 is 53.1 Å². The van der Waals surface area contributed by atoms with E-state index in [1.807, 2.05) is 29.2 Å². The quantitative estimate of drug-likeness (QED) is 0.390. The van der Waals surface area contributed by atoms with Crippen molar-refractivity contribution in [3.05, 3.63) is 29.3 Å².